The maximum atomic E-state index is 9.38. The summed E-state index contributed by atoms with van der Waals surface area (Å²) in [7, 11) is 0. The topological polar surface area (TPSA) is 32.3 Å². The summed E-state index contributed by atoms with van der Waals surface area (Å²) in [4.78, 5) is 1.17. The molecular formula is C12H17NOS. The zero-order valence-electron chi connectivity index (χ0n) is 9.16. The molecule has 2 nitrogen and oxygen atoms in total. The number of phenolic OH excluding ortho intramolecular Hbond substituents is 1. The van der Waals surface area contributed by atoms with Gasteiger partial charge in [-0.1, -0.05) is 32.0 Å². The van der Waals surface area contributed by atoms with E-state index in [1.54, 1.807) is 6.07 Å². The fraction of sp³-hybridized carbons (Fsp3) is 0.500. The Hall–Kier alpha value is -0.830. The van der Waals surface area contributed by atoms with E-state index in [1.807, 2.05) is 23.9 Å². The predicted octanol–water partition coefficient (Wildman–Crippen LogP) is 3.67. The highest BCUT2D eigenvalue weighted by Crippen LogP contribution is 2.43. The normalized spacial score (nSPS) is 20.8. The molecule has 1 heterocycles. The lowest BCUT2D eigenvalue weighted by Crippen LogP contribution is -2.19. The Labute approximate surface area is 95.1 Å². The van der Waals surface area contributed by atoms with Crippen LogP contribution >= 0.6 is 11.8 Å². The Morgan fingerprint density at radius 2 is 2.33 bits per heavy atom. The van der Waals surface area contributed by atoms with E-state index in [9.17, 15) is 5.11 Å². The van der Waals surface area contributed by atoms with Crippen molar-refractivity contribution in [3.63, 3.8) is 0 Å². The highest BCUT2D eigenvalue weighted by atomic mass is 32.2. The average molecular weight is 223 g/mol. The number of hydrogen-bond donors (Lipinski definition) is 2. The molecule has 0 bridgehead atoms. The minimum atomic E-state index is 0.354. The van der Waals surface area contributed by atoms with Crippen molar-refractivity contribution in [1.29, 1.82) is 0 Å². The molecule has 0 spiro atoms. The van der Waals surface area contributed by atoms with E-state index < -0.39 is 0 Å². The monoisotopic (exact) mass is 223 g/mol. The van der Waals surface area contributed by atoms with Crippen molar-refractivity contribution in [3.8, 4) is 5.75 Å². The molecule has 2 N–H and O–H groups in total. The largest absolute Gasteiger partial charge is 0.508 e. The van der Waals surface area contributed by atoms with Crippen molar-refractivity contribution in [1.82, 2.24) is 0 Å². The van der Waals surface area contributed by atoms with Gasteiger partial charge >= 0.3 is 0 Å². The molecule has 82 valence electrons. The van der Waals surface area contributed by atoms with Gasteiger partial charge in [0, 0.05) is 10.6 Å². The number of phenols is 1. The van der Waals surface area contributed by atoms with Gasteiger partial charge in [-0.15, -0.1) is 0 Å². The van der Waals surface area contributed by atoms with Crippen molar-refractivity contribution < 1.29 is 5.11 Å². The van der Waals surface area contributed by atoms with E-state index in [-0.39, 0.29) is 0 Å². The Balaban J connectivity index is 2.08. The zero-order valence-corrected chi connectivity index (χ0v) is 9.97. The molecule has 2 unspecified atom stereocenters. The average Bonchev–Trinajstić information content (AvgIpc) is 2.60. The second-order valence-corrected chi connectivity index (χ2v) is 5.31. The molecule has 0 aromatic heterocycles. The Morgan fingerprint density at radius 3 is 3.07 bits per heavy atom. The smallest absolute Gasteiger partial charge is 0.116 e. The van der Waals surface area contributed by atoms with Crippen LogP contribution in [-0.2, 0) is 0 Å². The molecule has 1 aliphatic rings. The van der Waals surface area contributed by atoms with Crippen LogP contribution in [0.5, 0.6) is 5.75 Å². The molecule has 0 saturated heterocycles. The standard InChI is InChI=1S/C12H17NOS/c1-3-4-8(2)12-13-10-6-5-9(14)7-11(10)15-12/h5-8,12-14H,3-4H2,1-2H3. The molecule has 2 atom stereocenters. The van der Waals surface area contributed by atoms with Gasteiger partial charge in [0.15, 0.2) is 0 Å². The van der Waals surface area contributed by atoms with E-state index in [0.29, 0.717) is 17.0 Å². The molecule has 0 aliphatic carbocycles. The number of hydrogen-bond acceptors (Lipinski definition) is 3. The molecule has 1 aromatic carbocycles. The van der Waals surface area contributed by atoms with Crippen molar-refractivity contribution in [3.05, 3.63) is 18.2 Å². The first-order valence-electron chi connectivity index (χ1n) is 5.47. The van der Waals surface area contributed by atoms with Crippen LogP contribution in [0.3, 0.4) is 0 Å². The summed E-state index contributed by atoms with van der Waals surface area (Å²) in [5.41, 5.74) is 1.16. The first kappa shape index (κ1) is 10.7. The lowest BCUT2D eigenvalue weighted by atomic mass is 10.1. The number of anilines is 1. The second kappa shape index (κ2) is 4.35. The second-order valence-electron chi connectivity index (χ2n) is 4.13. The fourth-order valence-electron chi connectivity index (χ4n) is 1.91. The van der Waals surface area contributed by atoms with Gasteiger partial charge in [0.05, 0.1) is 5.37 Å². The van der Waals surface area contributed by atoms with Crippen LogP contribution in [0.4, 0.5) is 5.69 Å². The lowest BCUT2D eigenvalue weighted by Gasteiger charge is -2.18. The van der Waals surface area contributed by atoms with Crippen LogP contribution in [0.2, 0.25) is 0 Å². The third-order valence-electron chi connectivity index (χ3n) is 2.78. The molecule has 0 amide bonds. The number of benzene rings is 1. The third kappa shape index (κ3) is 2.23. The van der Waals surface area contributed by atoms with Gasteiger partial charge in [-0.3, -0.25) is 0 Å². The van der Waals surface area contributed by atoms with Crippen molar-refractivity contribution in [2.45, 2.75) is 37.0 Å². The molecular weight excluding hydrogens is 206 g/mol. The predicted molar refractivity (Wildman–Crippen MR) is 65.4 cm³/mol. The first-order chi connectivity index (χ1) is 7.20. The molecule has 15 heavy (non-hydrogen) atoms. The number of nitrogens with one attached hydrogen (secondary N) is 1. The summed E-state index contributed by atoms with van der Waals surface area (Å²) in [5, 5.41) is 13.3. The number of aromatic hydroxyl groups is 1. The highest BCUT2D eigenvalue weighted by Gasteiger charge is 2.25. The van der Waals surface area contributed by atoms with Crippen LogP contribution in [0, 0.1) is 5.92 Å². The van der Waals surface area contributed by atoms with Crippen LogP contribution in [0.25, 0.3) is 0 Å². The van der Waals surface area contributed by atoms with Crippen molar-refractivity contribution in [2.75, 3.05) is 5.32 Å². The van der Waals surface area contributed by atoms with Crippen LogP contribution in [0.1, 0.15) is 26.7 Å². The van der Waals surface area contributed by atoms with E-state index >= 15 is 0 Å². The number of thioether (sulfide) groups is 1. The Bertz CT molecular complexity index is 353. The van der Waals surface area contributed by atoms with E-state index in [1.165, 1.54) is 17.7 Å². The molecule has 0 radical (unpaired) electrons. The van der Waals surface area contributed by atoms with E-state index in [2.05, 4.69) is 19.2 Å². The summed E-state index contributed by atoms with van der Waals surface area (Å²) in [6.45, 7) is 4.50. The minimum absolute atomic E-state index is 0.354. The molecule has 0 fully saturated rings. The Morgan fingerprint density at radius 1 is 1.53 bits per heavy atom. The van der Waals surface area contributed by atoms with Gasteiger partial charge in [-0.05, 0) is 30.5 Å². The van der Waals surface area contributed by atoms with Gasteiger partial charge in [-0.2, -0.15) is 0 Å². The summed E-state index contributed by atoms with van der Waals surface area (Å²) in [5.74, 6) is 1.02. The van der Waals surface area contributed by atoms with Crippen molar-refractivity contribution in [2.24, 2.45) is 5.92 Å². The quantitative estimate of drug-likeness (QED) is 0.767. The molecule has 0 saturated carbocycles. The maximum Gasteiger partial charge on any atom is 0.116 e. The Kier molecular flexibility index (Phi) is 3.10. The summed E-state index contributed by atoms with van der Waals surface area (Å²) >= 11 is 1.83. The molecule has 1 aliphatic heterocycles. The van der Waals surface area contributed by atoms with Gasteiger partial charge in [0.1, 0.15) is 5.75 Å². The number of rotatable bonds is 3. The van der Waals surface area contributed by atoms with Crippen LogP contribution in [-0.4, -0.2) is 10.5 Å². The summed E-state index contributed by atoms with van der Waals surface area (Å²) in [6.07, 6.45) is 2.46. The van der Waals surface area contributed by atoms with E-state index in [0.717, 1.165) is 5.69 Å². The first-order valence-corrected chi connectivity index (χ1v) is 6.35. The minimum Gasteiger partial charge on any atom is -0.508 e. The van der Waals surface area contributed by atoms with Gasteiger partial charge < -0.3 is 10.4 Å². The van der Waals surface area contributed by atoms with Crippen molar-refractivity contribution >= 4 is 17.4 Å². The maximum absolute atomic E-state index is 9.38. The third-order valence-corrected chi connectivity index (χ3v) is 4.21. The SMILES string of the molecule is CCCC(C)C1Nc2ccc(O)cc2S1. The van der Waals surface area contributed by atoms with Gasteiger partial charge in [-0.25, -0.2) is 0 Å². The molecule has 3 heteroatoms. The lowest BCUT2D eigenvalue weighted by molar-refractivity contribution is 0.474. The zero-order chi connectivity index (χ0) is 10.8. The summed E-state index contributed by atoms with van der Waals surface area (Å²) in [6, 6.07) is 5.53. The molecule has 1 aromatic rings. The van der Waals surface area contributed by atoms with Crippen LogP contribution < -0.4 is 5.32 Å². The highest BCUT2D eigenvalue weighted by molar-refractivity contribution is 8.00. The van der Waals surface area contributed by atoms with Crippen LogP contribution in [0.15, 0.2) is 23.1 Å². The summed E-state index contributed by atoms with van der Waals surface area (Å²) < 4.78 is 0. The molecule has 2 rings (SSSR count). The fourth-order valence-corrected chi connectivity index (χ4v) is 3.18. The number of fused-ring (bicyclic) bond motifs is 1. The van der Waals surface area contributed by atoms with E-state index in [4.69, 9.17) is 0 Å². The van der Waals surface area contributed by atoms with Gasteiger partial charge in [0.25, 0.3) is 0 Å². The van der Waals surface area contributed by atoms with Gasteiger partial charge in [0.2, 0.25) is 0 Å².